The molecule has 1 aliphatic carbocycles. The molecule has 0 aromatic heterocycles. The van der Waals surface area contributed by atoms with Gasteiger partial charge in [-0.3, -0.25) is 0 Å². The van der Waals surface area contributed by atoms with Crippen LogP contribution >= 0.6 is 0 Å². The third-order valence-corrected chi connectivity index (χ3v) is 2.91. The van der Waals surface area contributed by atoms with E-state index in [9.17, 15) is 0 Å². The van der Waals surface area contributed by atoms with E-state index in [1.54, 1.807) is 5.57 Å². The summed E-state index contributed by atoms with van der Waals surface area (Å²) in [5.74, 6) is 0.189. The Bertz CT molecular complexity index is 174. The Morgan fingerprint density at radius 2 is 2.00 bits per heavy atom. The van der Waals surface area contributed by atoms with Crippen molar-refractivity contribution in [3.8, 4) is 0 Å². The van der Waals surface area contributed by atoms with Crippen LogP contribution in [0, 0.1) is 12.8 Å². The van der Waals surface area contributed by atoms with Crippen LogP contribution in [0.3, 0.4) is 0 Å². The van der Waals surface area contributed by atoms with Crippen LogP contribution in [0.15, 0.2) is 11.1 Å². The van der Waals surface area contributed by atoms with Gasteiger partial charge in [0.1, 0.15) is 0 Å². The Morgan fingerprint density at radius 3 is 2.54 bits per heavy atom. The van der Waals surface area contributed by atoms with Crippen LogP contribution in [0.4, 0.5) is 0 Å². The van der Waals surface area contributed by atoms with Gasteiger partial charge < -0.3 is 5.11 Å². The lowest BCUT2D eigenvalue weighted by Crippen LogP contribution is -2.04. The standard InChI is InChI=1S/C12H21O/c1-10(9-13)8-11(2)12-6-4-3-5-7-12/h10,13H,1,3-9H2,2H3. The van der Waals surface area contributed by atoms with E-state index in [1.807, 2.05) is 0 Å². The summed E-state index contributed by atoms with van der Waals surface area (Å²) < 4.78 is 0. The second-order valence-corrected chi connectivity index (χ2v) is 4.20. The molecule has 1 fully saturated rings. The first kappa shape index (κ1) is 10.8. The number of aliphatic hydroxyl groups is 1. The summed E-state index contributed by atoms with van der Waals surface area (Å²) in [7, 11) is 0. The predicted octanol–water partition coefficient (Wildman–Crippen LogP) is 3.10. The second kappa shape index (κ2) is 5.43. The average molecular weight is 181 g/mol. The van der Waals surface area contributed by atoms with Crippen molar-refractivity contribution in [2.24, 2.45) is 5.92 Å². The molecule has 0 saturated heterocycles. The van der Waals surface area contributed by atoms with Gasteiger partial charge in [-0.05, 0) is 51.9 Å². The topological polar surface area (TPSA) is 20.2 Å². The van der Waals surface area contributed by atoms with Crippen LogP contribution in [0.25, 0.3) is 0 Å². The van der Waals surface area contributed by atoms with Gasteiger partial charge in [0, 0.05) is 6.61 Å². The van der Waals surface area contributed by atoms with E-state index in [0.29, 0.717) is 0 Å². The Kier molecular flexibility index (Phi) is 4.51. The monoisotopic (exact) mass is 181 g/mol. The van der Waals surface area contributed by atoms with Crippen molar-refractivity contribution in [3.05, 3.63) is 18.1 Å². The quantitative estimate of drug-likeness (QED) is 0.663. The highest BCUT2D eigenvalue weighted by molar-refractivity contribution is 5.14. The highest BCUT2D eigenvalue weighted by atomic mass is 16.3. The number of rotatable bonds is 3. The molecule has 0 bridgehead atoms. The maximum absolute atomic E-state index is 8.90. The summed E-state index contributed by atoms with van der Waals surface area (Å²) in [6, 6.07) is 0. The van der Waals surface area contributed by atoms with Gasteiger partial charge in [-0.25, -0.2) is 0 Å². The van der Waals surface area contributed by atoms with Crippen molar-refractivity contribution in [1.82, 2.24) is 0 Å². The lowest BCUT2D eigenvalue weighted by molar-refractivity contribution is 0.250. The fraction of sp³-hybridized carbons (Fsp3) is 0.750. The molecule has 1 saturated carbocycles. The van der Waals surface area contributed by atoms with Crippen LogP contribution in [-0.4, -0.2) is 11.7 Å². The van der Waals surface area contributed by atoms with Gasteiger partial charge in [0.15, 0.2) is 0 Å². The molecule has 0 amide bonds. The molecule has 1 unspecified atom stereocenters. The first-order chi connectivity index (χ1) is 6.24. The molecule has 1 nitrogen and oxygen atoms in total. The molecule has 1 rings (SSSR count). The molecule has 1 aliphatic rings. The number of hydrogen-bond donors (Lipinski definition) is 1. The SMILES string of the molecule is [CH2]C(CO)CC(C)=C1CCCCC1. The first-order valence-electron chi connectivity index (χ1n) is 5.35. The molecule has 0 spiro atoms. The van der Waals surface area contributed by atoms with Gasteiger partial charge in [0.2, 0.25) is 0 Å². The van der Waals surface area contributed by atoms with E-state index >= 15 is 0 Å². The highest BCUT2D eigenvalue weighted by Gasteiger charge is 2.10. The van der Waals surface area contributed by atoms with Crippen LogP contribution < -0.4 is 0 Å². The molecule has 13 heavy (non-hydrogen) atoms. The molecule has 0 aliphatic heterocycles. The Labute approximate surface area is 81.9 Å². The molecule has 75 valence electrons. The van der Waals surface area contributed by atoms with Crippen LogP contribution in [-0.2, 0) is 0 Å². The second-order valence-electron chi connectivity index (χ2n) is 4.20. The van der Waals surface area contributed by atoms with E-state index in [1.165, 1.54) is 37.7 Å². The smallest absolute Gasteiger partial charge is 0.0462 e. The third kappa shape index (κ3) is 3.51. The van der Waals surface area contributed by atoms with Gasteiger partial charge >= 0.3 is 0 Å². The largest absolute Gasteiger partial charge is 0.396 e. The van der Waals surface area contributed by atoms with Crippen LogP contribution in [0.2, 0.25) is 0 Å². The summed E-state index contributed by atoms with van der Waals surface area (Å²) in [5.41, 5.74) is 3.11. The van der Waals surface area contributed by atoms with Gasteiger partial charge in [-0.2, -0.15) is 0 Å². The van der Waals surface area contributed by atoms with Gasteiger partial charge in [-0.15, -0.1) is 0 Å². The van der Waals surface area contributed by atoms with Crippen molar-refractivity contribution < 1.29 is 5.11 Å². The molecular formula is C12H21O. The normalized spacial score (nSPS) is 20.1. The minimum absolute atomic E-state index is 0.189. The van der Waals surface area contributed by atoms with Crippen molar-refractivity contribution in [1.29, 1.82) is 0 Å². The van der Waals surface area contributed by atoms with E-state index in [4.69, 9.17) is 5.11 Å². The lowest BCUT2D eigenvalue weighted by atomic mass is 9.88. The van der Waals surface area contributed by atoms with Crippen molar-refractivity contribution in [3.63, 3.8) is 0 Å². The van der Waals surface area contributed by atoms with E-state index < -0.39 is 0 Å². The van der Waals surface area contributed by atoms with Gasteiger partial charge in [0.05, 0.1) is 0 Å². The summed E-state index contributed by atoms with van der Waals surface area (Å²) >= 11 is 0. The molecule has 0 heterocycles. The van der Waals surface area contributed by atoms with E-state index in [-0.39, 0.29) is 12.5 Å². The maximum atomic E-state index is 8.90. The number of allylic oxidation sites excluding steroid dienone is 2. The fourth-order valence-corrected chi connectivity index (χ4v) is 2.05. The Hall–Kier alpha value is -0.300. The summed E-state index contributed by atoms with van der Waals surface area (Å²) in [4.78, 5) is 0. The molecule has 0 aromatic rings. The molecule has 1 atom stereocenters. The molecule has 1 heteroatoms. The summed E-state index contributed by atoms with van der Waals surface area (Å²) in [6.07, 6.45) is 7.64. The zero-order chi connectivity index (χ0) is 9.68. The molecular weight excluding hydrogens is 160 g/mol. The summed E-state index contributed by atoms with van der Waals surface area (Å²) in [6.45, 7) is 6.32. The lowest BCUT2D eigenvalue weighted by Gasteiger charge is -2.18. The van der Waals surface area contributed by atoms with Crippen LogP contribution in [0.5, 0.6) is 0 Å². The average Bonchev–Trinajstić information content (AvgIpc) is 2.19. The Balaban J connectivity index is 2.46. The van der Waals surface area contributed by atoms with Gasteiger partial charge in [0.25, 0.3) is 0 Å². The highest BCUT2D eigenvalue weighted by Crippen LogP contribution is 2.28. The molecule has 0 aromatic carbocycles. The zero-order valence-corrected chi connectivity index (χ0v) is 8.68. The predicted molar refractivity (Wildman–Crippen MR) is 56.3 cm³/mol. The first-order valence-corrected chi connectivity index (χ1v) is 5.35. The van der Waals surface area contributed by atoms with Crippen molar-refractivity contribution in [2.45, 2.75) is 45.4 Å². The minimum atomic E-state index is 0.189. The zero-order valence-electron chi connectivity index (χ0n) is 8.68. The Morgan fingerprint density at radius 1 is 1.38 bits per heavy atom. The molecule has 1 radical (unpaired) electrons. The van der Waals surface area contributed by atoms with Gasteiger partial charge in [-0.1, -0.05) is 17.6 Å². The van der Waals surface area contributed by atoms with E-state index in [0.717, 1.165) is 6.42 Å². The van der Waals surface area contributed by atoms with Crippen molar-refractivity contribution >= 4 is 0 Å². The van der Waals surface area contributed by atoms with Crippen molar-refractivity contribution in [2.75, 3.05) is 6.61 Å². The summed E-state index contributed by atoms with van der Waals surface area (Å²) in [5, 5.41) is 8.90. The van der Waals surface area contributed by atoms with Crippen LogP contribution in [0.1, 0.15) is 45.4 Å². The number of hydrogen-bond acceptors (Lipinski definition) is 1. The fourth-order valence-electron chi connectivity index (χ4n) is 2.05. The minimum Gasteiger partial charge on any atom is -0.396 e. The number of aliphatic hydroxyl groups excluding tert-OH is 1. The molecule has 1 N–H and O–H groups in total. The third-order valence-electron chi connectivity index (χ3n) is 2.91. The van der Waals surface area contributed by atoms with E-state index in [2.05, 4.69) is 13.8 Å². The maximum Gasteiger partial charge on any atom is 0.0462 e.